The van der Waals surface area contributed by atoms with Crippen molar-refractivity contribution in [2.24, 2.45) is 0 Å². The van der Waals surface area contributed by atoms with Gasteiger partial charge in [-0.15, -0.1) is 0 Å². The number of hydrogen-bond donors (Lipinski definition) is 2. The predicted molar refractivity (Wildman–Crippen MR) is 107 cm³/mol. The van der Waals surface area contributed by atoms with Gasteiger partial charge in [0.2, 0.25) is 5.91 Å². The molecule has 1 aliphatic rings. The van der Waals surface area contributed by atoms with Crippen molar-refractivity contribution >= 4 is 21.6 Å². The maximum atomic E-state index is 12.5. The largest absolute Gasteiger partial charge is 0.325 e. The molecule has 29 heavy (non-hydrogen) atoms. The number of carbonyl (C=O) groups is 1. The Balaban J connectivity index is 1.74. The number of aromatic amines is 1. The SMILES string of the molecule is Cc1cc(NC(=O)CCc2c(C)[nH]c(=O)c(C#N)c2C)n([C@H]2CCS(=O)(=O)C2)n1. The van der Waals surface area contributed by atoms with Gasteiger partial charge in [-0.3, -0.25) is 9.59 Å². The van der Waals surface area contributed by atoms with Crippen molar-refractivity contribution in [3.8, 4) is 6.07 Å². The Labute approximate surface area is 168 Å². The summed E-state index contributed by atoms with van der Waals surface area (Å²) in [6.45, 7) is 5.22. The average molecular weight is 417 g/mol. The van der Waals surface area contributed by atoms with Crippen molar-refractivity contribution < 1.29 is 13.2 Å². The van der Waals surface area contributed by atoms with Gasteiger partial charge in [-0.25, -0.2) is 13.1 Å². The number of pyridine rings is 1. The molecule has 0 spiro atoms. The van der Waals surface area contributed by atoms with Crippen LogP contribution in [0.3, 0.4) is 0 Å². The minimum absolute atomic E-state index is 0.0176. The molecule has 0 saturated carbocycles. The molecule has 154 valence electrons. The minimum atomic E-state index is -3.07. The lowest BCUT2D eigenvalue weighted by molar-refractivity contribution is -0.116. The monoisotopic (exact) mass is 417 g/mol. The van der Waals surface area contributed by atoms with Crippen LogP contribution in [0.2, 0.25) is 0 Å². The van der Waals surface area contributed by atoms with Crippen LogP contribution in [-0.2, 0) is 21.1 Å². The second-order valence-electron chi connectivity index (χ2n) is 7.39. The molecular formula is C19H23N5O4S. The van der Waals surface area contributed by atoms with Crippen molar-refractivity contribution in [2.75, 3.05) is 16.8 Å². The maximum Gasteiger partial charge on any atom is 0.266 e. The molecule has 0 aliphatic carbocycles. The smallest absolute Gasteiger partial charge is 0.266 e. The summed E-state index contributed by atoms with van der Waals surface area (Å²) >= 11 is 0. The van der Waals surface area contributed by atoms with Crippen LogP contribution < -0.4 is 10.9 Å². The molecule has 2 N–H and O–H groups in total. The summed E-state index contributed by atoms with van der Waals surface area (Å²) in [6.07, 6.45) is 0.977. The zero-order valence-corrected chi connectivity index (χ0v) is 17.4. The number of amides is 1. The van der Waals surface area contributed by atoms with Gasteiger partial charge in [0.05, 0.1) is 23.2 Å². The zero-order chi connectivity index (χ0) is 21.3. The highest BCUT2D eigenvalue weighted by atomic mass is 32.2. The first-order chi connectivity index (χ1) is 13.6. The summed E-state index contributed by atoms with van der Waals surface area (Å²) in [7, 11) is -3.07. The Hall–Kier alpha value is -2.93. The van der Waals surface area contributed by atoms with Crippen molar-refractivity contribution in [1.29, 1.82) is 5.26 Å². The highest BCUT2D eigenvalue weighted by Crippen LogP contribution is 2.27. The Bertz CT molecular complexity index is 1170. The van der Waals surface area contributed by atoms with Gasteiger partial charge < -0.3 is 10.3 Å². The third-order valence-electron chi connectivity index (χ3n) is 5.20. The van der Waals surface area contributed by atoms with E-state index in [1.54, 1.807) is 31.5 Å². The molecule has 0 radical (unpaired) electrons. The first-order valence-electron chi connectivity index (χ1n) is 9.30. The normalized spacial score (nSPS) is 17.8. The van der Waals surface area contributed by atoms with Gasteiger partial charge in [0.15, 0.2) is 9.84 Å². The summed E-state index contributed by atoms with van der Waals surface area (Å²) in [6, 6.07) is 3.33. The summed E-state index contributed by atoms with van der Waals surface area (Å²) in [5, 5.41) is 16.3. The highest BCUT2D eigenvalue weighted by Gasteiger charge is 2.31. The van der Waals surface area contributed by atoms with Gasteiger partial charge in [0, 0.05) is 18.2 Å². The number of carbonyl (C=O) groups excluding carboxylic acids is 1. The number of nitrogens with zero attached hydrogens (tertiary/aromatic N) is 3. The van der Waals surface area contributed by atoms with Crippen LogP contribution in [0.25, 0.3) is 0 Å². The molecular weight excluding hydrogens is 394 g/mol. The molecule has 1 amide bonds. The van der Waals surface area contributed by atoms with Gasteiger partial charge in [-0.1, -0.05) is 0 Å². The molecule has 0 unspecified atom stereocenters. The number of aromatic nitrogens is 3. The summed E-state index contributed by atoms with van der Waals surface area (Å²) < 4.78 is 25.1. The van der Waals surface area contributed by atoms with E-state index in [9.17, 15) is 18.0 Å². The lowest BCUT2D eigenvalue weighted by atomic mass is 9.99. The fraction of sp³-hybridized carbons (Fsp3) is 0.474. The van der Waals surface area contributed by atoms with E-state index in [1.165, 1.54) is 0 Å². The van der Waals surface area contributed by atoms with Crippen molar-refractivity contribution in [1.82, 2.24) is 14.8 Å². The number of sulfone groups is 1. The topological polar surface area (TPSA) is 138 Å². The average Bonchev–Trinajstić information content (AvgIpc) is 3.16. The molecule has 0 bridgehead atoms. The fourth-order valence-corrected chi connectivity index (χ4v) is 5.41. The number of anilines is 1. The van der Waals surface area contributed by atoms with E-state index < -0.39 is 15.4 Å². The fourth-order valence-electron chi connectivity index (χ4n) is 3.72. The number of nitrogens with one attached hydrogen (secondary N) is 2. The predicted octanol–water partition coefficient (Wildman–Crippen LogP) is 1.30. The lowest BCUT2D eigenvalue weighted by Gasteiger charge is -2.14. The minimum Gasteiger partial charge on any atom is -0.325 e. The van der Waals surface area contributed by atoms with E-state index >= 15 is 0 Å². The van der Waals surface area contributed by atoms with Crippen LogP contribution in [0.5, 0.6) is 0 Å². The van der Waals surface area contributed by atoms with E-state index in [2.05, 4.69) is 15.4 Å². The van der Waals surface area contributed by atoms with Crippen LogP contribution in [0.1, 0.15) is 47.0 Å². The molecule has 1 saturated heterocycles. The number of H-pyrrole nitrogens is 1. The molecule has 2 aromatic heterocycles. The van der Waals surface area contributed by atoms with Crippen molar-refractivity contribution in [2.45, 2.75) is 46.1 Å². The molecule has 3 rings (SSSR count). The Morgan fingerprint density at radius 1 is 1.41 bits per heavy atom. The lowest BCUT2D eigenvalue weighted by Crippen LogP contribution is -2.21. The number of aryl methyl sites for hydroxylation is 2. The Morgan fingerprint density at radius 2 is 2.14 bits per heavy atom. The molecule has 2 aromatic rings. The van der Waals surface area contributed by atoms with Crippen LogP contribution in [-0.4, -0.2) is 40.6 Å². The number of nitriles is 1. The molecule has 0 aromatic carbocycles. The highest BCUT2D eigenvalue weighted by molar-refractivity contribution is 7.91. The molecule has 1 aliphatic heterocycles. The van der Waals surface area contributed by atoms with Gasteiger partial charge in [0.25, 0.3) is 5.56 Å². The van der Waals surface area contributed by atoms with Crippen LogP contribution in [0.15, 0.2) is 10.9 Å². The standard InChI is InChI=1S/C19H23N5O4S/c1-11-8-17(24(23-11)14-6-7-29(27,28)10-14)22-18(25)5-4-15-12(2)16(9-20)19(26)21-13(15)3/h8,14H,4-7,10H2,1-3H3,(H,21,26)(H,22,25)/t14-/m0/s1. The van der Waals surface area contributed by atoms with Crippen molar-refractivity contribution in [3.05, 3.63) is 44.5 Å². The summed E-state index contributed by atoms with van der Waals surface area (Å²) in [5.74, 6) is 0.359. The number of rotatable bonds is 5. The summed E-state index contributed by atoms with van der Waals surface area (Å²) in [5.41, 5.74) is 2.30. The van der Waals surface area contributed by atoms with Crippen molar-refractivity contribution in [3.63, 3.8) is 0 Å². The quantitative estimate of drug-likeness (QED) is 0.752. The second-order valence-corrected chi connectivity index (χ2v) is 9.62. The molecule has 10 heteroatoms. The van der Waals surface area contributed by atoms with Gasteiger partial charge in [-0.2, -0.15) is 10.4 Å². The number of hydrogen-bond acceptors (Lipinski definition) is 6. The third-order valence-corrected chi connectivity index (χ3v) is 6.95. The molecule has 9 nitrogen and oxygen atoms in total. The Morgan fingerprint density at radius 3 is 2.76 bits per heavy atom. The summed E-state index contributed by atoms with van der Waals surface area (Å²) in [4.78, 5) is 27.0. The second kappa shape index (κ2) is 7.83. The van der Waals surface area contributed by atoms with Crippen LogP contribution >= 0.6 is 0 Å². The van der Waals surface area contributed by atoms with E-state index in [1.807, 2.05) is 6.07 Å². The van der Waals surface area contributed by atoms with Gasteiger partial charge in [0.1, 0.15) is 17.5 Å². The van der Waals surface area contributed by atoms with Gasteiger partial charge >= 0.3 is 0 Å². The van der Waals surface area contributed by atoms with Crippen LogP contribution in [0, 0.1) is 32.1 Å². The first kappa shape index (κ1) is 20.8. The van der Waals surface area contributed by atoms with E-state index in [4.69, 9.17) is 5.26 Å². The first-order valence-corrected chi connectivity index (χ1v) is 11.1. The molecule has 3 heterocycles. The third kappa shape index (κ3) is 4.40. The van der Waals surface area contributed by atoms with E-state index in [0.29, 0.717) is 35.6 Å². The maximum absolute atomic E-state index is 12.5. The van der Waals surface area contributed by atoms with E-state index in [0.717, 1.165) is 5.56 Å². The van der Waals surface area contributed by atoms with Crippen LogP contribution in [0.4, 0.5) is 5.82 Å². The molecule has 1 fully saturated rings. The zero-order valence-electron chi connectivity index (χ0n) is 16.6. The van der Waals surface area contributed by atoms with Gasteiger partial charge in [-0.05, 0) is 44.7 Å². The Kier molecular flexibility index (Phi) is 5.61. The van der Waals surface area contributed by atoms with E-state index in [-0.39, 0.29) is 35.4 Å². The molecule has 1 atom stereocenters.